The fourth-order valence-electron chi connectivity index (χ4n) is 5.45. The monoisotopic (exact) mass is 553 g/mol. The predicted octanol–water partition coefficient (Wildman–Crippen LogP) is 5.93. The van der Waals surface area contributed by atoms with Crippen LogP contribution in [0.2, 0.25) is 0 Å². The Hall–Kier alpha value is -3.66. The molecule has 9 heteroatoms. The lowest BCUT2D eigenvalue weighted by molar-refractivity contribution is 0.0156. The maximum atomic E-state index is 11.0. The maximum Gasteiger partial charge on any atom is 0.158 e. The van der Waals surface area contributed by atoms with Gasteiger partial charge in [-0.3, -0.25) is 4.90 Å². The van der Waals surface area contributed by atoms with Gasteiger partial charge in [0.15, 0.2) is 5.82 Å². The predicted molar refractivity (Wildman–Crippen MR) is 160 cm³/mol. The number of aliphatic hydroxyl groups is 1. The minimum absolute atomic E-state index is 0.320. The van der Waals surface area contributed by atoms with E-state index in [4.69, 9.17) is 0 Å². The van der Waals surface area contributed by atoms with E-state index in [-0.39, 0.29) is 6.10 Å². The molecule has 1 aliphatic rings. The summed E-state index contributed by atoms with van der Waals surface area (Å²) >= 11 is 1.63. The lowest BCUT2D eigenvalue weighted by atomic mass is 9.88. The zero-order chi connectivity index (χ0) is 27.5. The van der Waals surface area contributed by atoms with Crippen LogP contribution in [0.5, 0.6) is 0 Å². The first-order valence-corrected chi connectivity index (χ1v) is 14.8. The number of rotatable bonds is 9. The zero-order valence-electron chi connectivity index (χ0n) is 22.9. The van der Waals surface area contributed by atoms with Gasteiger partial charge < -0.3 is 10.4 Å². The molecule has 206 valence electrons. The van der Waals surface area contributed by atoms with Crippen molar-refractivity contribution in [2.45, 2.75) is 51.7 Å². The number of likely N-dealkylation sites (tertiary alicyclic amines) is 1. The van der Waals surface area contributed by atoms with Gasteiger partial charge in [0.2, 0.25) is 0 Å². The Morgan fingerprint density at radius 2 is 1.95 bits per heavy atom. The minimum Gasteiger partial charge on any atom is -0.392 e. The normalized spacial score (nSPS) is 18.0. The summed E-state index contributed by atoms with van der Waals surface area (Å²) in [4.78, 5) is 6.95. The minimum atomic E-state index is -0.320. The second-order valence-electron chi connectivity index (χ2n) is 10.9. The first-order chi connectivity index (χ1) is 19.5. The van der Waals surface area contributed by atoms with E-state index >= 15 is 0 Å². The summed E-state index contributed by atoms with van der Waals surface area (Å²) in [5.74, 6) is 1.45. The number of hydrogen-bond donors (Lipinski definition) is 2. The number of nitrogens with zero attached hydrogens (tertiary/aromatic N) is 6. The number of aromatic nitrogens is 5. The molecule has 6 rings (SSSR count). The topological polar surface area (TPSA) is 91.5 Å². The van der Waals surface area contributed by atoms with Gasteiger partial charge in [-0.15, -0.1) is 10.2 Å². The molecule has 1 saturated heterocycles. The molecule has 1 fully saturated rings. The summed E-state index contributed by atoms with van der Waals surface area (Å²) in [5.41, 5.74) is 5.39. The van der Waals surface area contributed by atoms with Crippen molar-refractivity contribution in [2.75, 3.05) is 18.4 Å². The van der Waals surface area contributed by atoms with Crippen molar-refractivity contribution in [1.82, 2.24) is 29.7 Å². The Kier molecular flexibility index (Phi) is 7.86. The molecule has 0 spiro atoms. The summed E-state index contributed by atoms with van der Waals surface area (Å²) < 4.78 is 1.87. The van der Waals surface area contributed by atoms with Gasteiger partial charge >= 0.3 is 0 Å². The lowest BCUT2D eigenvalue weighted by Gasteiger charge is -2.36. The highest BCUT2D eigenvalue weighted by Gasteiger charge is 2.28. The van der Waals surface area contributed by atoms with Crippen molar-refractivity contribution < 1.29 is 5.11 Å². The Bertz CT molecular complexity index is 1560. The molecule has 5 aromatic rings. The Labute approximate surface area is 238 Å². The summed E-state index contributed by atoms with van der Waals surface area (Å²) in [5, 5.41) is 29.6. The summed E-state index contributed by atoms with van der Waals surface area (Å²) in [6.45, 7) is 6.64. The second-order valence-corrected chi connectivity index (χ2v) is 11.9. The van der Waals surface area contributed by atoms with E-state index in [9.17, 15) is 5.11 Å². The van der Waals surface area contributed by atoms with Crippen LogP contribution in [0, 0.1) is 5.92 Å². The molecule has 40 heavy (non-hydrogen) atoms. The highest BCUT2D eigenvalue weighted by Crippen LogP contribution is 2.31. The fraction of sp³-hybridized carbons (Fsp3) is 0.355. The molecular formula is C31H35N7OS. The fourth-order valence-corrected chi connectivity index (χ4v) is 6.29. The molecule has 2 aromatic carbocycles. The van der Waals surface area contributed by atoms with Gasteiger partial charge in [0.1, 0.15) is 21.9 Å². The Balaban J connectivity index is 1.15. The highest BCUT2D eigenvalue weighted by atomic mass is 32.1. The smallest absolute Gasteiger partial charge is 0.158 e. The van der Waals surface area contributed by atoms with Gasteiger partial charge in [-0.2, -0.15) is 5.10 Å². The first-order valence-electron chi connectivity index (χ1n) is 14.0. The third-order valence-electron chi connectivity index (χ3n) is 7.69. The molecule has 0 radical (unpaired) electrons. The molecule has 2 atom stereocenters. The number of benzene rings is 2. The van der Waals surface area contributed by atoms with Crippen molar-refractivity contribution in [3.05, 3.63) is 89.3 Å². The molecule has 4 heterocycles. The van der Waals surface area contributed by atoms with Crippen molar-refractivity contribution in [2.24, 2.45) is 5.92 Å². The molecule has 3 aromatic heterocycles. The van der Waals surface area contributed by atoms with Gasteiger partial charge in [0.05, 0.1) is 6.10 Å². The lowest BCUT2D eigenvalue weighted by Crippen LogP contribution is -2.43. The number of piperidine rings is 1. The van der Waals surface area contributed by atoms with E-state index < -0.39 is 0 Å². The molecule has 2 N–H and O–H groups in total. The van der Waals surface area contributed by atoms with Crippen LogP contribution in [0.3, 0.4) is 0 Å². The number of hydrogen-bond acceptors (Lipinski definition) is 8. The number of aliphatic hydroxyl groups excluding tert-OH is 1. The van der Waals surface area contributed by atoms with Gasteiger partial charge in [-0.1, -0.05) is 67.6 Å². The quantitative estimate of drug-likeness (QED) is 0.234. The molecule has 0 bridgehead atoms. The van der Waals surface area contributed by atoms with Crippen LogP contribution < -0.4 is 5.32 Å². The summed E-state index contributed by atoms with van der Waals surface area (Å²) in [6, 6.07) is 20.9. The van der Waals surface area contributed by atoms with Crippen molar-refractivity contribution in [3.63, 3.8) is 0 Å². The summed E-state index contributed by atoms with van der Waals surface area (Å²) in [7, 11) is 0. The van der Waals surface area contributed by atoms with Crippen LogP contribution in [0.4, 0.5) is 11.5 Å². The molecule has 0 unspecified atom stereocenters. The number of nitrogens with one attached hydrogen (secondary N) is 1. The second kappa shape index (κ2) is 11.8. The van der Waals surface area contributed by atoms with Gasteiger partial charge in [-0.05, 0) is 61.1 Å². The Morgan fingerprint density at radius 1 is 1.07 bits per heavy atom. The highest BCUT2D eigenvalue weighted by molar-refractivity contribution is 7.14. The van der Waals surface area contributed by atoms with Crippen molar-refractivity contribution in [1.29, 1.82) is 0 Å². The van der Waals surface area contributed by atoms with Crippen LogP contribution in [0.25, 0.3) is 16.1 Å². The van der Waals surface area contributed by atoms with E-state index in [1.807, 2.05) is 28.9 Å². The largest absolute Gasteiger partial charge is 0.392 e. The van der Waals surface area contributed by atoms with Crippen LogP contribution in [-0.4, -0.2) is 54.0 Å². The average Bonchev–Trinajstić information content (AvgIpc) is 3.62. The first kappa shape index (κ1) is 26.6. The summed E-state index contributed by atoms with van der Waals surface area (Å²) in [6.07, 6.45) is 6.26. The maximum absolute atomic E-state index is 11.0. The molecule has 1 aliphatic heterocycles. The van der Waals surface area contributed by atoms with Gasteiger partial charge in [0, 0.05) is 36.5 Å². The van der Waals surface area contributed by atoms with E-state index in [1.54, 1.807) is 17.7 Å². The third kappa shape index (κ3) is 5.91. The molecule has 0 aliphatic carbocycles. The third-order valence-corrected chi connectivity index (χ3v) is 8.96. The van der Waals surface area contributed by atoms with Crippen molar-refractivity contribution >= 4 is 28.4 Å². The van der Waals surface area contributed by atoms with Gasteiger partial charge in [0.25, 0.3) is 0 Å². The van der Waals surface area contributed by atoms with E-state index in [0.717, 1.165) is 70.5 Å². The molecule has 0 saturated carbocycles. The Morgan fingerprint density at radius 3 is 2.75 bits per heavy atom. The average molecular weight is 554 g/mol. The number of fused-ring (bicyclic) bond motifs is 1. The van der Waals surface area contributed by atoms with E-state index in [1.165, 1.54) is 5.56 Å². The van der Waals surface area contributed by atoms with Crippen LogP contribution in [0.1, 0.15) is 48.7 Å². The van der Waals surface area contributed by atoms with E-state index in [0.29, 0.717) is 18.4 Å². The van der Waals surface area contributed by atoms with Gasteiger partial charge in [-0.25, -0.2) is 9.50 Å². The van der Waals surface area contributed by atoms with E-state index in [2.05, 4.69) is 86.8 Å². The zero-order valence-corrected chi connectivity index (χ0v) is 23.8. The SMILES string of the molecule is CC(C)c1nnc(-c2cccc(Nc3ncnn4ccc(CN5CC[C@@H](CCc6ccccc6)[C@H](O)C5)c34)c2)s1. The number of anilines is 2. The van der Waals surface area contributed by atoms with Crippen LogP contribution >= 0.6 is 11.3 Å². The van der Waals surface area contributed by atoms with Crippen molar-refractivity contribution in [3.8, 4) is 10.6 Å². The number of aryl methyl sites for hydroxylation is 1. The van der Waals surface area contributed by atoms with Crippen LogP contribution in [0.15, 0.2) is 73.2 Å². The molecular weight excluding hydrogens is 518 g/mol. The number of β-amino-alcohol motifs (C(OH)–C–C–N with tert-alkyl or cyclic N) is 1. The van der Waals surface area contributed by atoms with Crippen LogP contribution in [-0.2, 0) is 13.0 Å². The molecule has 0 amide bonds. The standard InChI is InChI=1S/C31H35N7OS/c1-21(2)30-35-36-31(40-30)24-9-6-10-26(17-24)34-29-28-25(14-16-38(28)33-20-32-29)18-37-15-13-23(27(39)19-37)12-11-22-7-4-3-5-8-22/h3-10,14,16-17,20-21,23,27,39H,11-13,15,18-19H2,1-2H3,(H,32,33,34)/t23-,27-/m1/s1. The molecule has 8 nitrogen and oxygen atoms in total.